The van der Waals surface area contributed by atoms with E-state index < -0.39 is 17.5 Å². The molecule has 0 saturated heterocycles. The third kappa shape index (κ3) is 4.93. The largest absolute Gasteiger partial charge is 0.487 e. The highest BCUT2D eigenvalue weighted by atomic mass is 32.1. The van der Waals surface area contributed by atoms with E-state index in [0.29, 0.717) is 32.2 Å². The van der Waals surface area contributed by atoms with Crippen molar-refractivity contribution in [2.24, 2.45) is 0 Å². The van der Waals surface area contributed by atoms with Crippen LogP contribution in [0.5, 0.6) is 5.06 Å². The number of aromatic nitrogens is 4. The van der Waals surface area contributed by atoms with E-state index in [1.165, 1.54) is 15.9 Å². The number of benzene rings is 2. The Hall–Kier alpha value is -4.96. The fourth-order valence-electron chi connectivity index (χ4n) is 4.94. The number of nitrogens with one attached hydrogen (secondary N) is 1. The topological polar surface area (TPSA) is 112 Å². The predicted octanol–water partition coefficient (Wildman–Crippen LogP) is 5.46. The van der Waals surface area contributed by atoms with Crippen LogP contribution in [0.3, 0.4) is 0 Å². The summed E-state index contributed by atoms with van der Waals surface area (Å²) >= 11 is 1.28. The van der Waals surface area contributed by atoms with Gasteiger partial charge in [0.2, 0.25) is 0 Å². The summed E-state index contributed by atoms with van der Waals surface area (Å²) in [6.07, 6.45) is 4.97. The van der Waals surface area contributed by atoms with Crippen molar-refractivity contribution in [2.75, 3.05) is 7.11 Å². The van der Waals surface area contributed by atoms with Crippen LogP contribution in [-0.4, -0.2) is 26.4 Å². The van der Waals surface area contributed by atoms with E-state index in [4.69, 9.17) is 9.26 Å². The van der Waals surface area contributed by atoms with E-state index in [1.807, 2.05) is 55.5 Å². The number of hydrogen-bond acceptors (Lipinski definition) is 7. The summed E-state index contributed by atoms with van der Waals surface area (Å²) in [4.78, 5) is 42.3. The number of fused-ring (bicyclic) bond motifs is 1. The summed E-state index contributed by atoms with van der Waals surface area (Å²) in [7, 11) is 1.55. The van der Waals surface area contributed by atoms with Crippen molar-refractivity contribution in [3.05, 3.63) is 128 Å². The van der Waals surface area contributed by atoms with Crippen LogP contribution in [0.1, 0.15) is 24.1 Å². The van der Waals surface area contributed by atoms with E-state index in [1.54, 1.807) is 36.8 Å². The van der Waals surface area contributed by atoms with Gasteiger partial charge in [-0.1, -0.05) is 96.4 Å². The number of nitrogens with zero attached hydrogens (tertiary/aromatic N) is 3. The van der Waals surface area contributed by atoms with Crippen molar-refractivity contribution >= 4 is 21.6 Å². The molecule has 9 nitrogen and oxygen atoms in total. The zero-order valence-electron chi connectivity index (χ0n) is 22.8. The molecule has 0 fully saturated rings. The molecule has 0 aliphatic rings. The number of aryl methyl sites for hydroxylation is 1. The molecule has 2 aromatic carbocycles. The molecule has 0 aliphatic carbocycles. The number of aromatic amines is 1. The zero-order valence-corrected chi connectivity index (χ0v) is 23.7. The third-order valence-electron chi connectivity index (χ3n) is 7.03. The van der Waals surface area contributed by atoms with Crippen molar-refractivity contribution in [3.63, 3.8) is 0 Å². The molecule has 41 heavy (non-hydrogen) atoms. The van der Waals surface area contributed by atoms with E-state index in [2.05, 4.69) is 23.3 Å². The summed E-state index contributed by atoms with van der Waals surface area (Å²) in [5.41, 5.74) is 3.91. The Bertz CT molecular complexity index is 1990. The Morgan fingerprint density at radius 1 is 1.12 bits per heavy atom. The molecule has 10 heteroatoms. The van der Waals surface area contributed by atoms with E-state index >= 15 is 0 Å². The van der Waals surface area contributed by atoms with Crippen LogP contribution in [0.4, 0.5) is 0 Å². The Kier molecular flexibility index (Phi) is 7.58. The van der Waals surface area contributed by atoms with Gasteiger partial charge in [0.1, 0.15) is 4.83 Å². The minimum Gasteiger partial charge on any atom is -0.487 e. The molecule has 1 atom stereocenters. The normalized spacial score (nSPS) is 12.4. The van der Waals surface area contributed by atoms with Crippen LogP contribution in [0.25, 0.3) is 32.7 Å². The minimum absolute atomic E-state index is 0.235. The number of allylic oxidation sites excluding steroid dienone is 4. The predicted molar refractivity (Wildman–Crippen MR) is 162 cm³/mol. The molecule has 5 rings (SSSR count). The lowest BCUT2D eigenvalue weighted by Gasteiger charge is -2.18. The average molecular weight is 569 g/mol. The van der Waals surface area contributed by atoms with Crippen molar-refractivity contribution in [3.8, 4) is 27.6 Å². The molecule has 208 valence electrons. The highest BCUT2D eigenvalue weighted by Gasteiger charge is 2.24. The van der Waals surface area contributed by atoms with Gasteiger partial charge in [0.05, 0.1) is 25.1 Å². The van der Waals surface area contributed by atoms with Crippen LogP contribution >= 0.6 is 11.3 Å². The molecule has 0 radical (unpaired) electrons. The minimum atomic E-state index is -0.627. The molecule has 3 heterocycles. The van der Waals surface area contributed by atoms with Gasteiger partial charge in [-0.05, 0) is 36.1 Å². The van der Waals surface area contributed by atoms with Crippen LogP contribution in [-0.2, 0) is 6.54 Å². The second-order valence-electron chi connectivity index (χ2n) is 9.41. The molecule has 0 aliphatic heterocycles. The van der Waals surface area contributed by atoms with Crippen LogP contribution in [0.15, 0.2) is 104 Å². The summed E-state index contributed by atoms with van der Waals surface area (Å²) in [5, 5.41) is 4.86. The van der Waals surface area contributed by atoms with Crippen molar-refractivity contribution in [1.82, 2.24) is 19.3 Å². The van der Waals surface area contributed by atoms with Gasteiger partial charge in [-0.3, -0.25) is 23.4 Å². The smallest absolute Gasteiger partial charge is 0.439 e. The van der Waals surface area contributed by atoms with Gasteiger partial charge in [-0.2, -0.15) is 0 Å². The first-order valence-corrected chi connectivity index (χ1v) is 13.6. The molecule has 0 unspecified atom stereocenters. The SMILES string of the molecule is C=C/C=C(\C=C)[C@@H](C)n1c(=O)c2c(C)c(OC)sc2n(Cc2ccc(-c3ccccc3-c3noc(=O)[nH]3)cc2)c1=O. The van der Waals surface area contributed by atoms with Crippen LogP contribution in [0, 0.1) is 6.92 Å². The van der Waals surface area contributed by atoms with Gasteiger partial charge in [-0.15, -0.1) is 0 Å². The Morgan fingerprint density at radius 2 is 1.83 bits per heavy atom. The fraction of sp³-hybridized carbons (Fsp3) is 0.161. The van der Waals surface area contributed by atoms with Crippen molar-refractivity contribution in [1.29, 1.82) is 0 Å². The lowest BCUT2D eigenvalue weighted by Crippen LogP contribution is -2.42. The maximum atomic E-state index is 13.9. The highest BCUT2D eigenvalue weighted by molar-refractivity contribution is 7.20. The van der Waals surface area contributed by atoms with Gasteiger partial charge >= 0.3 is 11.4 Å². The first kappa shape index (κ1) is 27.6. The second kappa shape index (κ2) is 11.3. The van der Waals surface area contributed by atoms with Gasteiger partial charge < -0.3 is 4.74 Å². The summed E-state index contributed by atoms with van der Waals surface area (Å²) in [6.45, 7) is 11.4. The quantitative estimate of drug-likeness (QED) is 0.236. The van der Waals surface area contributed by atoms with E-state index in [0.717, 1.165) is 22.3 Å². The second-order valence-corrected chi connectivity index (χ2v) is 10.4. The van der Waals surface area contributed by atoms with Gasteiger partial charge in [-0.25, -0.2) is 9.59 Å². The molecule has 0 saturated carbocycles. The summed E-state index contributed by atoms with van der Waals surface area (Å²) in [6, 6.07) is 14.7. The average Bonchev–Trinajstić information content (AvgIpc) is 3.57. The fourth-order valence-corrected chi connectivity index (χ4v) is 6.05. The van der Waals surface area contributed by atoms with E-state index in [-0.39, 0.29) is 12.1 Å². The Labute approximate surface area is 239 Å². The third-order valence-corrected chi connectivity index (χ3v) is 8.30. The van der Waals surface area contributed by atoms with Crippen LogP contribution < -0.4 is 21.7 Å². The number of methoxy groups -OCH3 is 1. The molecular formula is C31H28N4O5S. The molecule has 5 aromatic rings. The van der Waals surface area contributed by atoms with Crippen LogP contribution in [0.2, 0.25) is 0 Å². The lowest BCUT2D eigenvalue weighted by atomic mass is 9.98. The zero-order chi connectivity index (χ0) is 29.3. The molecule has 0 spiro atoms. The number of hydrogen-bond donors (Lipinski definition) is 1. The van der Waals surface area contributed by atoms with Gasteiger partial charge in [0.15, 0.2) is 10.9 Å². The maximum absolute atomic E-state index is 13.9. The van der Waals surface area contributed by atoms with E-state index in [9.17, 15) is 14.4 Å². The summed E-state index contributed by atoms with van der Waals surface area (Å²) < 4.78 is 13.1. The lowest BCUT2D eigenvalue weighted by molar-refractivity contribution is 0.388. The molecule has 0 bridgehead atoms. The number of thiophene rings is 1. The molecule has 0 amide bonds. The number of ether oxygens (including phenoxy) is 1. The highest BCUT2D eigenvalue weighted by Crippen LogP contribution is 2.35. The monoisotopic (exact) mass is 568 g/mol. The molecular weight excluding hydrogens is 540 g/mol. The molecule has 3 aromatic heterocycles. The maximum Gasteiger partial charge on any atom is 0.439 e. The Morgan fingerprint density at radius 3 is 2.44 bits per heavy atom. The Balaban J connectivity index is 1.62. The number of H-pyrrole nitrogens is 1. The van der Waals surface area contributed by atoms with Gasteiger partial charge in [0, 0.05) is 11.1 Å². The first-order chi connectivity index (χ1) is 19.8. The first-order valence-electron chi connectivity index (χ1n) is 12.8. The van der Waals surface area contributed by atoms with Crippen molar-refractivity contribution < 1.29 is 9.26 Å². The van der Waals surface area contributed by atoms with Gasteiger partial charge in [0.25, 0.3) is 5.56 Å². The number of rotatable bonds is 9. The molecule has 1 N–H and O–H groups in total. The summed E-state index contributed by atoms with van der Waals surface area (Å²) in [5.74, 6) is -0.287. The van der Waals surface area contributed by atoms with Crippen molar-refractivity contribution in [2.45, 2.75) is 26.4 Å². The standard InChI is InChI=1S/C31H28N4O5S/c1-6-10-21(7-2)19(4)35-27(36)25-18(3)29(39-5)41-28(25)34(31(35)38)17-20-13-15-22(16-14-20)23-11-8-9-12-24(23)26-32-30(37)40-33-26/h6-16,19H,1-2,17H2,3-5H3,(H,32,33,37)/b21-10+/t19-/m1/s1.